The van der Waals surface area contributed by atoms with Gasteiger partial charge in [0.15, 0.2) is 0 Å². The molecule has 1 aliphatic rings. The lowest BCUT2D eigenvalue weighted by Crippen LogP contribution is -1.97. The van der Waals surface area contributed by atoms with Crippen molar-refractivity contribution in [3.05, 3.63) is 33.5 Å². The van der Waals surface area contributed by atoms with E-state index in [0.29, 0.717) is 0 Å². The van der Waals surface area contributed by atoms with Gasteiger partial charge in [-0.15, -0.1) is 23.5 Å². The Morgan fingerprint density at radius 1 is 1.36 bits per heavy atom. The van der Waals surface area contributed by atoms with Gasteiger partial charge in [-0.25, -0.2) is 0 Å². The zero-order chi connectivity index (χ0) is 10.6. The third kappa shape index (κ3) is 2.75. The Labute approximate surface area is 93.1 Å². The molecule has 0 spiro atoms. The van der Waals surface area contributed by atoms with Gasteiger partial charge in [0.1, 0.15) is 0 Å². The zero-order valence-corrected chi connectivity index (χ0v) is 10.2. The molecule has 4 heteroatoms. The molecule has 14 heavy (non-hydrogen) atoms. The summed E-state index contributed by atoms with van der Waals surface area (Å²) in [5, 5.41) is 9.48. The summed E-state index contributed by atoms with van der Waals surface area (Å²) >= 11 is 3.37. The first-order valence-corrected chi connectivity index (χ1v) is 6.62. The molecule has 0 atom stereocenters. The molecule has 78 valence electrons. The number of ether oxygens (including phenoxy) is 1. The van der Waals surface area contributed by atoms with Crippen LogP contribution in [0, 0.1) is 0 Å². The second-order valence-electron chi connectivity index (χ2n) is 2.78. The first-order chi connectivity index (χ1) is 6.71. The second kappa shape index (κ2) is 5.41. The summed E-state index contributed by atoms with van der Waals surface area (Å²) in [6.45, 7) is 0. The maximum absolute atomic E-state index is 9.48. The molecule has 0 bridgehead atoms. The molecule has 0 saturated carbocycles. The molecule has 1 rings (SSSR count). The number of hydrogen-bond donors (Lipinski definition) is 1. The third-order valence-electron chi connectivity index (χ3n) is 1.95. The average molecular weight is 230 g/mol. The fourth-order valence-electron chi connectivity index (χ4n) is 1.18. The standard InChI is InChI=1S/C10H14O2S2/c1-12-10(11)7-4-8(13-2)6-9(5-7)14-3/h4,6,11H,5H2,1-3H3. The van der Waals surface area contributed by atoms with Gasteiger partial charge < -0.3 is 9.84 Å². The van der Waals surface area contributed by atoms with Gasteiger partial charge in [-0.3, -0.25) is 0 Å². The minimum atomic E-state index is 0.0243. The molecular weight excluding hydrogens is 216 g/mol. The van der Waals surface area contributed by atoms with E-state index in [4.69, 9.17) is 4.74 Å². The van der Waals surface area contributed by atoms with Crippen molar-refractivity contribution in [2.24, 2.45) is 0 Å². The molecule has 0 heterocycles. The van der Waals surface area contributed by atoms with Gasteiger partial charge in [-0.2, -0.15) is 0 Å². The SMILES string of the molecule is COC(O)=C1C=C(SC)C=C(SC)C1. The monoisotopic (exact) mass is 230 g/mol. The Morgan fingerprint density at radius 3 is 2.57 bits per heavy atom. The van der Waals surface area contributed by atoms with Crippen molar-refractivity contribution in [2.45, 2.75) is 6.42 Å². The summed E-state index contributed by atoms with van der Waals surface area (Å²) in [4.78, 5) is 2.40. The number of aliphatic hydroxyl groups excluding tert-OH is 1. The lowest BCUT2D eigenvalue weighted by Gasteiger charge is -2.14. The number of rotatable bonds is 3. The highest BCUT2D eigenvalue weighted by Gasteiger charge is 2.12. The fraction of sp³-hybridized carbons (Fsp3) is 0.400. The van der Waals surface area contributed by atoms with Crippen molar-refractivity contribution in [3.63, 3.8) is 0 Å². The third-order valence-corrected chi connectivity index (χ3v) is 3.44. The molecule has 0 fully saturated rings. The van der Waals surface area contributed by atoms with Gasteiger partial charge in [0, 0.05) is 16.9 Å². The average Bonchev–Trinajstić information content (AvgIpc) is 2.27. The Morgan fingerprint density at radius 2 is 2.07 bits per heavy atom. The van der Waals surface area contributed by atoms with Crippen LogP contribution in [0.25, 0.3) is 0 Å². The van der Waals surface area contributed by atoms with Crippen molar-refractivity contribution in [2.75, 3.05) is 19.6 Å². The van der Waals surface area contributed by atoms with Crippen LogP contribution in [0.15, 0.2) is 33.5 Å². The molecule has 0 aromatic heterocycles. The first kappa shape index (κ1) is 11.6. The van der Waals surface area contributed by atoms with Crippen molar-refractivity contribution >= 4 is 23.5 Å². The molecule has 2 nitrogen and oxygen atoms in total. The lowest BCUT2D eigenvalue weighted by molar-refractivity contribution is 0.132. The Kier molecular flexibility index (Phi) is 4.48. The maximum atomic E-state index is 9.48. The van der Waals surface area contributed by atoms with E-state index in [2.05, 4.69) is 6.08 Å². The molecule has 0 saturated heterocycles. The van der Waals surface area contributed by atoms with Gasteiger partial charge in [-0.1, -0.05) is 0 Å². The van der Waals surface area contributed by atoms with Crippen LogP contribution < -0.4 is 0 Å². The van der Waals surface area contributed by atoms with Crippen molar-refractivity contribution in [3.8, 4) is 0 Å². The van der Waals surface area contributed by atoms with Crippen LogP contribution in [-0.4, -0.2) is 24.7 Å². The molecule has 0 unspecified atom stereocenters. The molecule has 0 radical (unpaired) electrons. The highest BCUT2D eigenvalue weighted by molar-refractivity contribution is 8.03. The first-order valence-electron chi connectivity index (χ1n) is 4.17. The van der Waals surface area contributed by atoms with Gasteiger partial charge in [0.2, 0.25) is 0 Å². The number of aliphatic hydroxyl groups is 1. The molecular formula is C10H14O2S2. The van der Waals surface area contributed by atoms with Gasteiger partial charge >= 0.3 is 0 Å². The van der Waals surface area contributed by atoms with Crippen LogP contribution in [0.1, 0.15) is 6.42 Å². The van der Waals surface area contributed by atoms with Crippen LogP contribution in [0.2, 0.25) is 0 Å². The molecule has 0 aromatic carbocycles. The van der Waals surface area contributed by atoms with Crippen LogP contribution >= 0.6 is 23.5 Å². The number of methoxy groups -OCH3 is 1. The van der Waals surface area contributed by atoms with E-state index >= 15 is 0 Å². The van der Waals surface area contributed by atoms with E-state index in [0.717, 1.165) is 16.9 Å². The van der Waals surface area contributed by atoms with Crippen LogP contribution in [0.4, 0.5) is 0 Å². The minimum Gasteiger partial charge on any atom is -0.481 e. The summed E-state index contributed by atoms with van der Waals surface area (Å²) in [7, 11) is 1.48. The summed E-state index contributed by atoms with van der Waals surface area (Å²) in [5.41, 5.74) is 0.851. The smallest absolute Gasteiger partial charge is 0.280 e. The van der Waals surface area contributed by atoms with E-state index in [1.54, 1.807) is 23.5 Å². The second-order valence-corrected chi connectivity index (χ2v) is 4.59. The minimum absolute atomic E-state index is 0.0243. The molecule has 1 N–H and O–H groups in total. The molecule has 1 aliphatic carbocycles. The zero-order valence-electron chi connectivity index (χ0n) is 8.53. The van der Waals surface area contributed by atoms with E-state index < -0.39 is 0 Å². The Bertz CT molecular complexity index is 303. The molecule has 0 aliphatic heterocycles. The van der Waals surface area contributed by atoms with Gasteiger partial charge in [-0.05, 0) is 29.6 Å². The molecule has 0 amide bonds. The van der Waals surface area contributed by atoms with E-state index in [1.165, 1.54) is 12.0 Å². The van der Waals surface area contributed by atoms with Gasteiger partial charge in [0.05, 0.1) is 7.11 Å². The van der Waals surface area contributed by atoms with Crippen molar-refractivity contribution < 1.29 is 9.84 Å². The topological polar surface area (TPSA) is 29.5 Å². The number of hydrogen-bond acceptors (Lipinski definition) is 4. The predicted octanol–water partition coefficient (Wildman–Crippen LogP) is 3.30. The van der Waals surface area contributed by atoms with E-state index in [1.807, 2.05) is 18.6 Å². The van der Waals surface area contributed by atoms with E-state index in [-0.39, 0.29) is 5.95 Å². The number of thioether (sulfide) groups is 2. The van der Waals surface area contributed by atoms with Crippen molar-refractivity contribution in [1.82, 2.24) is 0 Å². The summed E-state index contributed by atoms with van der Waals surface area (Å²) in [6, 6.07) is 0. The Balaban J connectivity index is 2.97. The predicted molar refractivity (Wildman–Crippen MR) is 64.5 cm³/mol. The normalized spacial score (nSPS) is 19.9. The summed E-state index contributed by atoms with van der Waals surface area (Å²) < 4.78 is 4.82. The van der Waals surface area contributed by atoms with Crippen LogP contribution in [0.5, 0.6) is 0 Å². The van der Waals surface area contributed by atoms with Crippen LogP contribution in [-0.2, 0) is 4.74 Å². The molecule has 0 aromatic rings. The summed E-state index contributed by atoms with van der Waals surface area (Å²) in [6.07, 6.45) is 8.92. The lowest BCUT2D eigenvalue weighted by atomic mass is 10.1. The van der Waals surface area contributed by atoms with Crippen LogP contribution in [0.3, 0.4) is 0 Å². The highest BCUT2D eigenvalue weighted by Crippen LogP contribution is 2.33. The van der Waals surface area contributed by atoms with Crippen molar-refractivity contribution in [1.29, 1.82) is 0 Å². The number of allylic oxidation sites excluding steroid dienone is 4. The van der Waals surface area contributed by atoms with Gasteiger partial charge in [0.25, 0.3) is 5.95 Å². The Hall–Kier alpha value is -0.480. The fourth-order valence-corrected chi connectivity index (χ4v) is 2.32. The maximum Gasteiger partial charge on any atom is 0.280 e. The van der Waals surface area contributed by atoms with E-state index in [9.17, 15) is 5.11 Å². The quantitative estimate of drug-likeness (QED) is 0.753. The highest BCUT2D eigenvalue weighted by atomic mass is 32.2. The largest absolute Gasteiger partial charge is 0.481 e. The summed E-state index contributed by atoms with van der Waals surface area (Å²) in [5.74, 6) is 0.0243.